The van der Waals surface area contributed by atoms with Gasteiger partial charge in [0, 0.05) is 21.0 Å². The summed E-state index contributed by atoms with van der Waals surface area (Å²) < 4.78 is 23.7. The molecule has 5 rings (SSSR count). The molecule has 0 saturated carbocycles. The number of hydrogen-bond acceptors (Lipinski definition) is 6. The first-order chi connectivity index (χ1) is 19.0. The molecule has 0 aliphatic heterocycles. The van der Waals surface area contributed by atoms with E-state index in [9.17, 15) is 9.59 Å². The zero-order valence-electron chi connectivity index (χ0n) is 21.1. The van der Waals surface area contributed by atoms with Crippen molar-refractivity contribution in [1.29, 1.82) is 0 Å². The highest BCUT2D eigenvalue weighted by Gasteiger charge is 2.25. The van der Waals surface area contributed by atoms with Crippen molar-refractivity contribution in [2.24, 2.45) is 0 Å². The van der Waals surface area contributed by atoms with Gasteiger partial charge in [-0.25, -0.2) is 4.79 Å². The van der Waals surface area contributed by atoms with Gasteiger partial charge < -0.3 is 18.6 Å². The van der Waals surface area contributed by atoms with Gasteiger partial charge in [0.1, 0.15) is 22.7 Å². The zero-order valence-corrected chi connectivity index (χ0v) is 22.7. The number of methoxy groups -OCH3 is 2. The smallest absolute Gasteiger partial charge is 0.348 e. The molecule has 1 heterocycles. The van der Waals surface area contributed by atoms with E-state index in [1.807, 2.05) is 42.5 Å². The molecule has 0 unspecified atom stereocenters. The van der Waals surface area contributed by atoms with Crippen LogP contribution in [0.25, 0.3) is 28.4 Å². The lowest BCUT2D eigenvalue weighted by Crippen LogP contribution is -2.10. The molecular formula is C32H23BrO6. The highest BCUT2D eigenvalue weighted by atomic mass is 79.9. The monoisotopic (exact) mass is 582 g/mol. The van der Waals surface area contributed by atoms with Gasteiger partial charge in [-0.15, -0.1) is 0 Å². The van der Waals surface area contributed by atoms with Crippen LogP contribution in [0.15, 0.2) is 106 Å². The van der Waals surface area contributed by atoms with Crippen LogP contribution in [0.1, 0.15) is 26.3 Å². The lowest BCUT2D eigenvalue weighted by atomic mass is 10.1. The van der Waals surface area contributed by atoms with E-state index in [2.05, 4.69) is 15.9 Å². The van der Waals surface area contributed by atoms with Crippen molar-refractivity contribution in [2.45, 2.75) is 0 Å². The fraction of sp³-hybridized carbons (Fsp3) is 0.0625. The van der Waals surface area contributed by atoms with Crippen molar-refractivity contribution in [3.63, 3.8) is 0 Å². The number of carbonyl (C=O) groups excluding carboxylic acids is 2. The number of hydrogen-bond donors (Lipinski definition) is 0. The molecule has 0 radical (unpaired) electrons. The molecule has 6 nitrogen and oxygen atoms in total. The number of rotatable bonds is 8. The maximum atomic E-state index is 13.6. The third-order valence-corrected chi connectivity index (χ3v) is 6.61. The maximum absolute atomic E-state index is 13.6. The Balaban J connectivity index is 1.45. The number of benzene rings is 4. The summed E-state index contributed by atoms with van der Waals surface area (Å²) >= 11 is 3.37. The predicted molar refractivity (Wildman–Crippen MR) is 154 cm³/mol. The Morgan fingerprint density at radius 2 is 1.59 bits per heavy atom. The van der Waals surface area contributed by atoms with E-state index in [0.717, 1.165) is 10.0 Å². The highest BCUT2D eigenvalue weighted by molar-refractivity contribution is 9.10. The molecule has 194 valence electrons. The van der Waals surface area contributed by atoms with Gasteiger partial charge in [0.15, 0.2) is 17.3 Å². The van der Waals surface area contributed by atoms with Crippen LogP contribution < -0.4 is 14.2 Å². The van der Waals surface area contributed by atoms with Crippen LogP contribution in [-0.4, -0.2) is 26.0 Å². The molecule has 5 aromatic rings. The van der Waals surface area contributed by atoms with Gasteiger partial charge in [0.25, 0.3) is 0 Å². The number of ether oxygens (including phenoxy) is 3. The van der Waals surface area contributed by atoms with Crippen molar-refractivity contribution in [1.82, 2.24) is 0 Å². The van der Waals surface area contributed by atoms with E-state index in [1.54, 1.807) is 61.7 Å². The van der Waals surface area contributed by atoms with Crippen LogP contribution in [0.4, 0.5) is 0 Å². The number of carbonyl (C=O) groups is 2. The first kappa shape index (κ1) is 26.0. The number of halogens is 1. The molecule has 0 aliphatic carbocycles. The van der Waals surface area contributed by atoms with Crippen LogP contribution in [0, 0.1) is 0 Å². The summed E-state index contributed by atoms with van der Waals surface area (Å²) in [4.78, 5) is 26.1. The lowest BCUT2D eigenvalue weighted by molar-refractivity contribution is 0.0731. The summed E-state index contributed by atoms with van der Waals surface area (Å²) in [5.41, 5.74) is 2.83. The van der Waals surface area contributed by atoms with Gasteiger partial charge in [-0.2, -0.15) is 0 Å². The van der Waals surface area contributed by atoms with E-state index in [1.165, 1.54) is 13.2 Å². The number of ketones is 1. The second-order valence-electron chi connectivity index (χ2n) is 8.54. The summed E-state index contributed by atoms with van der Waals surface area (Å²) in [5, 5.41) is 0.572. The fourth-order valence-corrected chi connectivity index (χ4v) is 4.37. The summed E-state index contributed by atoms with van der Waals surface area (Å²) in [6.45, 7) is 0. The molecule has 0 N–H and O–H groups in total. The second-order valence-corrected chi connectivity index (χ2v) is 9.45. The summed E-state index contributed by atoms with van der Waals surface area (Å²) in [6.07, 6.45) is 3.17. The minimum atomic E-state index is -0.604. The van der Waals surface area contributed by atoms with Crippen LogP contribution in [0.2, 0.25) is 0 Å². The molecule has 0 saturated heterocycles. The van der Waals surface area contributed by atoms with Crippen molar-refractivity contribution in [2.75, 3.05) is 14.2 Å². The van der Waals surface area contributed by atoms with E-state index in [0.29, 0.717) is 39.4 Å². The fourth-order valence-electron chi connectivity index (χ4n) is 4.10. The first-order valence-corrected chi connectivity index (χ1v) is 12.8. The van der Waals surface area contributed by atoms with Crippen LogP contribution in [-0.2, 0) is 0 Å². The van der Waals surface area contributed by atoms with Gasteiger partial charge in [-0.3, -0.25) is 4.79 Å². The van der Waals surface area contributed by atoms with Crippen molar-refractivity contribution >= 4 is 44.7 Å². The minimum absolute atomic E-state index is 0.132. The van der Waals surface area contributed by atoms with Gasteiger partial charge >= 0.3 is 5.97 Å². The third-order valence-electron chi connectivity index (χ3n) is 6.08. The number of allylic oxidation sites excluding steroid dienone is 1. The Morgan fingerprint density at radius 1 is 0.821 bits per heavy atom. The summed E-state index contributed by atoms with van der Waals surface area (Å²) in [5.74, 6) is 0.820. The number of fused-ring (bicyclic) bond motifs is 1. The standard InChI is InChI=1S/C32H23BrO6/c1-36-24-14-17-27-25(19-24)30(31(38-27)22-6-4-3-5-7-22)32(35)39-28-16-9-20(18-29(28)37-2)8-15-26(34)21-10-12-23(33)13-11-21/h3-19H,1-2H3/b15-8+. The van der Waals surface area contributed by atoms with E-state index < -0.39 is 5.97 Å². The number of esters is 1. The molecule has 0 aliphatic rings. The first-order valence-electron chi connectivity index (χ1n) is 12.0. The highest BCUT2D eigenvalue weighted by Crippen LogP contribution is 2.37. The van der Waals surface area contributed by atoms with Crippen molar-refractivity contribution in [3.05, 3.63) is 118 Å². The second kappa shape index (κ2) is 11.4. The Bertz CT molecular complexity index is 1680. The molecule has 39 heavy (non-hydrogen) atoms. The third kappa shape index (κ3) is 5.63. The molecular weight excluding hydrogens is 560 g/mol. The molecule has 0 atom stereocenters. The predicted octanol–water partition coefficient (Wildman–Crippen LogP) is 7.99. The summed E-state index contributed by atoms with van der Waals surface area (Å²) in [7, 11) is 3.05. The van der Waals surface area contributed by atoms with E-state index >= 15 is 0 Å². The average Bonchev–Trinajstić information content (AvgIpc) is 3.36. The Morgan fingerprint density at radius 3 is 2.31 bits per heavy atom. The van der Waals surface area contributed by atoms with E-state index in [4.69, 9.17) is 18.6 Å². The quantitative estimate of drug-likeness (QED) is 0.0798. The Kier molecular flexibility index (Phi) is 7.61. The molecule has 7 heteroatoms. The molecule has 0 spiro atoms. The topological polar surface area (TPSA) is 75.0 Å². The Labute approximate surface area is 233 Å². The molecule has 0 amide bonds. The van der Waals surface area contributed by atoms with Crippen molar-refractivity contribution in [3.8, 4) is 28.6 Å². The number of furan rings is 1. The molecule has 4 aromatic carbocycles. The summed E-state index contributed by atoms with van der Waals surface area (Å²) in [6, 6.07) is 26.8. The molecule has 0 bridgehead atoms. The minimum Gasteiger partial charge on any atom is -0.497 e. The normalized spacial score (nSPS) is 11.1. The maximum Gasteiger partial charge on any atom is 0.348 e. The average molecular weight is 583 g/mol. The lowest BCUT2D eigenvalue weighted by Gasteiger charge is -2.10. The molecule has 1 aromatic heterocycles. The van der Waals surface area contributed by atoms with E-state index in [-0.39, 0.29) is 17.1 Å². The van der Waals surface area contributed by atoms with Crippen molar-refractivity contribution < 1.29 is 28.2 Å². The SMILES string of the molecule is COc1ccc2oc(-c3ccccc3)c(C(=O)Oc3ccc(/C=C/C(=O)c4ccc(Br)cc4)cc3OC)c2c1. The van der Waals surface area contributed by atoms with Gasteiger partial charge in [-0.05, 0) is 66.2 Å². The Hall–Kier alpha value is -4.62. The van der Waals surface area contributed by atoms with Crippen LogP contribution in [0.3, 0.4) is 0 Å². The zero-order chi connectivity index (χ0) is 27.4. The largest absolute Gasteiger partial charge is 0.497 e. The van der Waals surface area contributed by atoms with Gasteiger partial charge in [-0.1, -0.05) is 58.4 Å². The van der Waals surface area contributed by atoms with Gasteiger partial charge in [0.05, 0.1) is 14.2 Å². The molecule has 0 fully saturated rings. The van der Waals surface area contributed by atoms with Gasteiger partial charge in [0.2, 0.25) is 0 Å². The van der Waals surface area contributed by atoms with Crippen LogP contribution in [0.5, 0.6) is 17.2 Å². The van der Waals surface area contributed by atoms with Crippen LogP contribution >= 0.6 is 15.9 Å².